The lowest BCUT2D eigenvalue weighted by molar-refractivity contribution is -0.129. The molecule has 0 aromatic heterocycles. The molecule has 0 fully saturated rings. The molecule has 3 amide bonds. The van der Waals surface area contributed by atoms with Crippen LogP contribution >= 0.6 is 7.60 Å². The molecule has 0 spiro atoms. The maximum Gasteiger partial charge on any atom is 0.408 e. The van der Waals surface area contributed by atoms with Crippen molar-refractivity contribution in [3.63, 3.8) is 0 Å². The number of carbonyl (C=O) groups excluding carboxylic acids is 3. The van der Waals surface area contributed by atoms with Gasteiger partial charge in [0.15, 0.2) is 0 Å². The Morgan fingerprint density at radius 2 is 1.10 bits per heavy atom. The molecule has 0 unspecified atom stereocenters. The Morgan fingerprint density at radius 3 is 1.60 bits per heavy atom. The van der Waals surface area contributed by atoms with Gasteiger partial charge in [-0.15, -0.1) is 0 Å². The molecular weight excluding hydrogens is 653 g/mol. The lowest BCUT2D eigenvalue weighted by atomic mass is 10.0. The molecule has 4 aromatic carbocycles. The van der Waals surface area contributed by atoms with Gasteiger partial charge in [-0.3, -0.25) is 14.2 Å². The number of benzene rings is 4. The molecule has 0 radical (unpaired) electrons. The third kappa shape index (κ3) is 12.5. The summed E-state index contributed by atoms with van der Waals surface area (Å²) >= 11 is 0. The highest BCUT2D eigenvalue weighted by Crippen LogP contribution is 2.48. The number of hydrogen-bond donors (Lipinski definition) is 3. The molecule has 262 valence electrons. The zero-order chi connectivity index (χ0) is 35.6. The van der Waals surface area contributed by atoms with E-state index in [2.05, 4.69) is 16.0 Å². The predicted octanol–water partition coefficient (Wildman–Crippen LogP) is 6.68. The van der Waals surface area contributed by atoms with E-state index in [0.29, 0.717) is 11.3 Å². The first-order valence-corrected chi connectivity index (χ1v) is 18.3. The number of amides is 3. The van der Waals surface area contributed by atoms with Crippen LogP contribution in [0.4, 0.5) is 4.79 Å². The molecule has 4 aromatic rings. The first-order valence-electron chi connectivity index (χ1n) is 16.6. The molecule has 0 aliphatic heterocycles. The predicted molar refractivity (Wildman–Crippen MR) is 194 cm³/mol. The SMILES string of the molecule is CCOP(=O)(C/C=C(/NC(=O)[C@H](Cc1ccccc1)NC(=O)[C@H](Cc1ccccc1)NC(=O)OCc1ccccc1)c1ccccc1)OCC. The summed E-state index contributed by atoms with van der Waals surface area (Å²) in [6.07, 6.45) is 1.09. The lowest BCUT2D eigenvalue weighted by Crippen LogP contribution is -2.55. The van der Waals surface area contributed by atoms with Crippen molar-refractivity contribution in [1.82, 2.24) is 16.0 Å². The van der Waals surface area contributed by atoms with Crippen LogP contribution in [0.1, 0.15) is 36.1 Å². The highest BCUT2D eigenvalue weighted by molar-refractivity contribution is 7.54. The molecule has 50 heavy (non-hydrogen) atoms. The van der Waals surface area contributed by atoms with Gasteiger partial charge in [-0.2, -0.15) is 0 Å². The van der Waals surface area contributed by atoms with Crippen LogP contribution in [0.3, 0.4) is 0 Å². The van der Waals surface area contributed by atoms with Crippen LogP contribution < -0.4 is 16.0 Å². The number of hydrogen-bond acceptors (Lipinski definition) is 7. The Balaban J connectivity index is 1.59. The van der Waals surface area contributed by atoms with Gasteiger partial charge in [0.2, 0.25) is 11.8 Å². The fourth-order valence-corrected chi connectivity index (χ4v) is 6.59. The topological polar surface area (TPSA) is 132 Å². The number of allylic oxidation sites excluding steroid dienone is 1. The molecule has 0 bridgehead atoms. The zero-order valence-corrected chi connectivity index (χ0v) is 29.2. The molecule has 10 nitrogen and oxygen atoms in total. The Morgan fingerprint density at radius 1 is 0.640 bits per heavy atom. The van der Waals surface area contributed by atoms with E-state index in [1.54, 1.807) is 19.9 Å². The molecule has 0 saturated heterocycles. The van der Waals surface area contributed by atoms with E-state index in [-0.39, 0.29) is 38.8 Å². The second kappa shape index (κ2) is 19.8. The van der Waals surface area contributed by atoms with E-state index in [9.17, 15) is 18.9 Å². The summed E-state index contributed by atoms with van der Waals surface area (Å²) < 4.78 is 29.6. The number of nitrogens with one attached hydrogen (secondary N) is 3. The quantitative estimate of drug-likeness (QED) is 0.0990. The first kappa shape index (κ1) is 37.8. The third-order valence-corrected chi connectivity index (χ3v) is 9.47. The van der Waals surface area contributed by atoms with Crippen molar-refractivity contribution in [3.05, 3.63) is 150 Å². The molecule has 4 rings (SSSR count). The Labute approximate surface area is 293 Å². The van der Waals surface area contributed by atoms with Gasteiger partial charge in [0, 0.05) is 18.5 Å². The number of carbonyl (C=O) groups is 3. The van der Waals surface area contributed by atoms with Crippen LogP contribution in [0.15, 0.2) is 127 Å². The maximum atomic E-state index is 14.1. The fourth-order valence-electron chi connectivity index (χ4n) is 5.12. The Kier molecular flexibility index (Phi) is 15.0. The minimum Gasteiger partial charge on any atom is -0.445 e. The van der Waals surface area contributed by atoms with E-state index in [4.69, 9.17) is 13.8 Å². The van der Waals surface area contributed by atoms with Gasteiger partial charge < -0.3 is 29.7 Å². The minimum absolute atomic E-state index is 0.0273. The third-order valence-electron chi connectivity index (χ3n) is 7.53. The van der Waals surface area contributed by atoms with Crippen molar-refractivity contribution in [2.24, 2.45) is 0 Å². The number of ether oxygens (including phenoxy) is 1. The monoisotopic (exact) mass is 697 g/mol. The van der Waals surface area contributed by atoms with Gasteiger partial charge in [-0.05, 0) is 42.2 Å². The normalized spacial score (nSPS) is 12.7. The standard InChI is InChI=1S/C39H44N3O7P/c1-3-48-50(46,49-4-2)26-25-34(33-23-15-8-16-24-33)40-37(43)35(27-30-17-9-5-10-18-30)41-38(44)36(28-31-19-11-6-12-20-31)42-39(45)47-29-32-21-13-7-14-22-32/h5-25,35-36H,3-4,26-29H2,1-2H3,(H,40,43)(H,41,44)(H,42,45)/b34-25+/t35-,36-/m0/s1. The van der Waals surface area contributed by atoms with Gasteiger partial charge >= 0.3 is 13.7 Å². The average Bonchev–Trinajstić information content (AvgIpc) is 3.13. The molecule has 0 aliphatic rings. The van der Waals surface area contributed by atoms with Crippen LogP contribution in [-0.2, 0) is 47.4 Å². The summed E-state index contributed by atoms with van der Waals surface area (Å²) in [5.74, 6) is -1.07. The molecule has 3 N–H and O–H groups in total. The van der Waals surface area contributed by atoms with Crippen LogP contribution in [0.5, 0.6) is 0 Å². The van der Waals surface area contributed by atoms with Gasteiger partial charge in [-0.1, -0.05) is 121 Å². The van der Waals surface area contributed by atoms with E-state index in [1.807, 2.05) is 121 Å². The van der Waals surface area contributed by atoms with Gasteiger partial charge in [0.05, 0.1) is 19.4 Å². The van der Waals surface area contributed by atoms with E-state index in [1.165, 1.54) is 0 Å². The molecule has 0 aliphatic carbocycles. The molecule has 0 heterocycles. The summed E-state index contributed by atoms with van der Waals surface area (Å²) in [5.41, 5.74) is 3.46. The second-order valence-electron chi connectivity index (χ2n) is 11.3. The van der Waals surface area contributed by atoms with Gasteiger partial charge in [0.25, 0.3) is 0 Å². The first-order chi connectivity index (χ1) is 24.3. The van der Waals surface area contributed by atoms with E-state index >= 15 is 0 Å². The zero-order valence-electron chi connectivity index (χ0n) is 28.3. The number of rotatable bonds is 18. The van der Waals surface area contributed by atoms with Crippen LogP contribution in [0.25, 0.3) is 5.70 Å². The van der Waals surface area contributed by atoms with Gasteiger partial charge in [0.1, 0.15) is 18.7 Å². The minimum atomic E-state index is -3.47. The largest absolute Gasteiger partial charge is 0.445 e. The highest BCUT2D eigenvalue weighted by Gasteiger charge is 2.29. The van der Waals surface area contributed by atoms with E-state index in [0.717, 1.165) is 16.7 Å². The molecule has 0 saturated carbocycles. The fraction of sp³-hybridized carbons (Fsp3) is 0.256. The van der Waals surface area contributed by atoms with Crippen molar-refractivity contribution in [2.45, 2.75) is 45.4 Å². The van der Waals surface area contributed by atoms with Crippen molar-refractivity contribution in [3.8, 4) is 0 Å². The summed E-state index contributed by atoms with van der Waals surface area (Å²) in [4.78, 5) is 41.0. The summed E-state index contributed by atoms with van der Waals surface area (Å²) in [5, 5.41) is 8.52. The van der Waals surface area contributed by atoms with Crippen molar-refractivity contribution in [2.75, 3.05) is 19.4 Å². The summed E-state index contributed by atoms with van der Waals surface area (Å²) in [6, 6.07) is 34.8. The van der Waals surface area contributed by atoms with Crippen molar-refractivity contribution in [1.29, 1.82) is 0 Å². The van der Waals surface area contributed by atoms with Crippen molar-refractivity contribution >= 4 is 31.2 Å². The molecule has 2 atom stereocenters. The summed E-state index contributed by atoms with van der Waals surface area (Å²) in [7, 11) is -3.47. The molecular formula is C39H44N3O7P. The second-order valence-corrected chi connectivity index (χ2v) is 13.4. The number of alkyl carbamates (subject to hydrolysis) is 1. The lowest BCUT2D eigenvalue weighted by Gasteiger charge is -2.24. The summed E-state index contributed by atoms with van der Waals surface area (Å²) in [6.45, 7) is 3.88. The molecule has 11 heteroatoms. The van der Waals surface area contributed by atoms with Crippen LogP contribution in [0.2, 0.25) is 0 Å². The maximum absolute atomic E-state index is 14.1. The van der Waals surface area contributed by atoms with Crippen LogP contribution in [0, 0.1) is 0 Å². The average molecular weight is 698 g/mol. The van der Waals surface area contributed by atoms with Crippen molar-refractivity contribution < 1.29 is 32.7 Å². The van der Waals surface area contributed by atoms with Crippen LogP contribution in [-0.4, -0.2) is 49.4 Å². The Hall–Kier alpha value is -5.02. The van der Waals surface area contributed by atoms with E-state index < -0.39 is 37.6 Å². The smallest absolute Gasteiger partial charge is 0.408 e. The Bertz CT molecular complexity index is 1710. The van der Waals surface area contributed by atoms with Gasteiger partial charge in [-0.25, -0.2) is 4.79 Å². The highest BCUT2D eigenvalue weighted by atomic mass is 31.2.